The Labute approximate surface area is 201 Å². The third kappa shape index (κ3) is 6.21. The molecule has 3 aromatic carbocycles. The number of nitrogens with one attached hydrogen (secondary N) is 2. The SMILES string of the molecule is NC1CC1c1ccc(NC(c2ccccc2)C(C=O)NC(=O)OCc2ccc(Br)cc2)cc1. The molecule has 7 heteroatoms. The van der Waals surface area contributed by atoms with Gasteiger partial charge in [-0.3, -0.25) is 0 Å². The van der Waals surface area contributed by atoms with Crippen molar-refractivity contribution < 1.29 is 14.3 Å². The van der Waals surface area contributed by atoms with Gasteiger partial charge in [-0.1, -0.05) is 70.5 Å². The van der Waals surface area contributed by atoms with Gasteiger partial charge in [0.05, 0.1) is 6.04 Å². The minimum atomic E-state index is -0.832. The number of nitrogens with two attached hydrogens (primary N) is 1. The number of rotatable bonds is 9. The normalized spacial score (nSPS) is 18.6. The Hall–Kier alpha value is -3.16. The molecule has 170 valence electrons. The molecule has 0 bridgehead atoms. The zero-order valence-corrected chi connectivity index (χ0v) is 19.6. The molecule has 0 heterocycles. The van der Waals surface area contributed by atoms with Crippen molar-refractivity contribution >= 4 is 34.0 Å². The van der Waals surface area contributed by atoms with E-state index in [-0.39, 0.29) is 12.6 Å². The van der Waals surface area contributed by atoms with Crippen molar-refractivity contribution in [2.24, 2.45) is 5.73 Å². The molecule has 6 nitrogen and oxygen atoms in total. The first-order valence-electron chi connectivity index (χ1n) is 10.8. The van der Waals surface area contributed by atoms with Crippen LogP contribution in [0.25, 0.3) is 0 Å². The number of amides is 1. The van der Waals surface area contributed by atoms with Crippen LogP contribution in [0.4, 0.5) is 10.5 Å². The van der Waals surface area contributed by atoms with E-state index in [0.29, 0.717) is 5.92 Å². The molecule has 1 aliphatic rings. The highest BCUT2D eigenvalue weighted by Gasteiger charge is 2.34. The molecule has 1 fully saturated rings. The molecule has 4 N–H and O–H groups in total. The van der Waals surface area contributed by atoms with Gasteiger partial charge in [0.1, 0.15) is 18.9 Å². The summed E-state index contributed by atoms with van der Waals surface area (Å²) in [6.45, 7) is 0.110. The molecule has 1 amide bonds. The van der Waals surface area contributed by atoms with E-state index in [1.165, 1.54) is 5.56 Å². The van der Waals surface area contributed by atoms with Crippen molar-refractivity contribution in [1.82, 2.24) is 5.32 Å². The number of aldehydes is 1. The maximum absolute atomic E-state index is 12.5. The van der Waals surface area contributed by atoms with Gasteiger partial charge >= 0.3 is 6.09 Å². The first-order valence-corrected chi connectivity index (χ1v) is 11.6. The second-order valence-corrected chi connectivity index (χ2v) is 9.09. The second-order valence-electron chi connectivity index (χ2n) is 8.17. The Bertz CT molecular complexity index is 1070. The van der Waals surface area contributed by atoms with E-state index in [4.69, 9.17) is 10.5 Å². The van der Waals surface area contributed by atoms with Crippen molar-refractivity contribution in [1.29, 1.82) is 0 Å². The van der Waals surface area contributed by atoms with Gasteiger partial charge in [-0.15, -0.1) is 0 Å². The van der Waals surface area contributed by atoms with Gasteiger partial charge in [-0.25, -0.2) is 4.79 Å². The Morgan fingerprint density at radius 3 is 2.33 bits per heavy atom. The third-order valence-electron chi connectivity index (χ3n) is 5.73. The fourth-order valence-electron chi connectivity index (χ4n) is 3.75. The number of hydrogen-bond donors (Lipinski definition) is 3. The van der Waals surface area contributed by atoms with Crippen molar-refractivity contribution in [3.63, 3.8) is 0 Å². The van der Waals surface area contributed by atoms with Crippen molar-refractivity contribution in [3.05, 3.63) is 100 Å². The number of halogens is 1. The molecule has 1 saturated carbocycles. The molecule has 33 heavy (non-hydrogen) atoms. The van der Waals surface area contributed by atoms with Gasteiger partial charge < -0.3 is 25.9 Å². The first kappa shape index (κ1) is 23.0. The molecule has 0 aliphatic heterocycles. The lowest BCUT2D eigenvalue weighted by Gasteiger charge is -2.26. The largest absolute Gasteiger partial charge is 0.445 e. The van der Waals surface area contributed by atoms with Crippen LogP contribution in [-0.4, -0.2) is 24.5 Å². The van der Waals surface area contributed by atoms with Crippen LogP contribution >= 0.6 is 15.9 Å². The summed E-state index contributed by atoms with van der Waals surface area (Å²) in [5.74, 6) is 0.425. The van der Waals surface area contributed by atoms with E-state index >= 15 is 0 Å². The van der Waals surface area contributed by atoms with Gasteiger partial charge in [0.2, 0.25) is 0 Å². The molecule has 4 atom stereocenters. The lowest BCUT2D eigenvalue weighted by atomic mass is 9.99. The fraction of sp³-hybridized carbons (Fsp3) is 0.231. The lowest BCUT2D eigenvalue weighted by Crippen LogP contribution is -2.43. The molecular weight excluding hydrogens is 482 g/mol. The topological polar surface area (TPSA) is 93.5 Å². The Morgan fingerprint density at radius 1 is 1.06 bits per heavy atom. The Morgan fingerprint density at radius 2 is 1.73 bits per heavy atom. The molecule has 0 aromatic heterocycles. The number of anilines is 1. The summed E-state index contributed by atoms with van der Waals surface area (Å²) in [6, 6.07) is 24.0. The lowest BCUT2D eigenvalue weighted by molar-refractivity contribution is -0.109. The summed E-state index contributed by atoms with van der Waals surface area (Å²) in [4.78, 5) is 24.5. The van der Waals surface area contributed by atoms with Gasteiger partial charge in [0.25, 0.3) is 0 Å². The molecule has 3 aromatic rings. The molecule has 4 unspecified atom stereocenters. The van der Waals surface area contributed by atoms with Gasteiger partial charge in [-0.2, -0.15) is 0 Å². The average Bonchev–Trinajstić information content (AvgIpc) is 3.58. The van der Waals surface area contributed by atoms with E-state index in [2.05, 4.69) is 38.7 Å². The van der Waals surface area contributed by atoms with Crippen LogP contribution in [0, 0.1) is 0 Å². The predicted octanol–water partition coefficient (Wildman–Crippen LogP) is 4.91. The quantitative estimate of drug-likeness (QED) is 0.357. The molecule has 0 saturated heterocycles. The van der Waals surface area contributed by atoms with Gasteiger partial charge in [-0.05, 0) is 47.4 Å². The summed E-state index contributed by atoms with van der Waals surface area (Å²) in [5, 5.41) is 6.09. The van der Waals surface area contributed by atoms with Crippen molar-refractivity contribution in [3.8, 4) is 0 Å². The van der Waals surface area contributed by atoms with Crippen molar-refractivity contribution in [2.75, 3.05) is 5.32 Å². The standard InChI is InChI=1S/C26H26BrN3O3/c27-20-10-6-17(7-11-20)16-33-26(32)30-24(15-31)25(19-4-2-1-3-5-19)29-21-12-8-18(9-13-21)22-14-23(22)28/h1-13,15,22-25,29H,14,16,28H2,(H,30,32). The van der Waals surface area contributed by atoms with E-state index < -0.39 is 18.2 Å². The molecule has 4 rings (SSSR count). The highest BCUT2D eigenvalue weighted by Crippen LogP contribution is 2.39. The van der Waals surface area contributed by atoms with Crippen LogP contribution in [0.15, 0.2) is 83.3 Å². The predicted molar refractivity (Wildman–Crippen MR) is 132 cm³/mol. The number of hydrogen-bond acceptors (Lipinski definition) is 5. The zero-order valence-electron chi connectivity index (χ0n) is 18.0. The van der Waals surface area contributed by atoms with Crippen LogP contribution in [0.5, 0.6) is 0 Å². The van der Waals surface area contributed by atoms with Gasteiger partial charge in [0, 0.05) is 22.1 Å². The van der Waals surface area contributed by atoms with Gasteiger partial charge in [0.15, 0.2) is 0 Å². The molecular formula is C26H26BrN3O3. The number of carbonyl (C=O) groups is 2. The van der Waals surface area contributed by atoms with Crippen LogP contribution in [-0.2, 0) is 16.1 Å². The average molecular weight is 508 g/mol. The minimum Gasteiger partial charge on any atom is -0.445 e. The van der Waals surface area contributed by atoms with Crippen molar-refractivity contribution in [2.45, 2.75) is 37.1 Å². The summed E-state index contributed by atoms with van der Waals surface area (Å²) in [5.41, 5.74) is 9.74. The second kappa shape index (κ2) is 10.6. The monoisotopic (exact) mass is 507 g/mol. The summed E-state index contributed by atoms with van der Waals surface area (Å²) >= 11 is 3.38. The highest BCUT2D eigenvalue weighted by molar-refractivity contribution is 9.10. The fourth-order valence-corrected chi connectivity index (χ4v) is 4.01. The summed E-state index contributed by atoms with van der Waals surface area (Å²) in [7, 11) is 0. The summed E-state index contributed by atoms with van der Waals surface area (Å²) in [6.07, 6.45) is 1.08. The minimum absolute atomic E-state index is 0.110. The maximum Gasteiger partial charge on any atom is 0.408 e. The van der Waals surface area contributed by atoms with Crippen LogP contribution in [0.2, 0.25) is 0 Å². The first-order chi connectivity index (χ1) is 16.0. The van der Waals surface area contributed by atoms with E-state index in [0.717, 1.165) is 34.0 Å². The number of carbonyl (C=O) groups excluding carboxylic acids is 2. The van der Waals surface area contributed by atoms with E-state index in [9.17, 15) is 9.59 Å². The Kier molecular flexibility index (Phi) is 7.42. The summed E-state index contributed by atoms with van der Waals surface area (Å²) < 4.78 is 6.28. The number of alkyl carbamates (subject to hydrolysis) is 1. The van der Waals surface area contributed by atoms with E-state index in [1.54, 1.807) is 0 Å². The highest BCUT2D eigenvalue weighted by atomic mass is 79.9. The maximum atomic E-state index is 12.5. The number of benzene rings is 3. The van der Waals surface area contributed by atoms with Crippen LogP contribution in [0.1, 0.15) is 35.1 Å². The zero-order chi connectivity index (χ0) is 23.2. The number of ether oxygens (including phenoxy) is 1. The smallest absolute Gasteiger partial charge is 0.408 e. The third-order valence-corrected chi connectivity index (χ3v) is 6.26. The molecule has 0 radical (unpaired) electrons. The van der Waals surface area contributed by atoms with Crippen LogP contribution in [0.3, 0.4) is 0 Å². The van der Waals surface area contributed by atoms with Crippen LogP contribution < -0.4 is 16.4 Å². The Balaban J connectivity index is 1.44. The molecule has 1 aliphatic carbocycles. The van der Waals surface area contributed by atoms with E-state index in [1.807, 2.05) is 66.7 Å². The molecule has 0 spiro atoms.